The third-order valence-electron chi connectivity index (χ3n) is 4.36. The molecule has 0 aliphatic rings. The van der Waals surface area contributed by atoms with E-state index in [2.05, 4.69) is 9.72 Å². The number of alkyl halides is 3. The third kappa shape index (κ3) is 3.77. The molecule has 0 atom stereocenters. The fraction of sp³-hybridized carbons (Fsp3) is 0.0476. The predicted molar refractivity (Wildman–Crippen MR) is 104 cm³/mol. The highest BCUT2D eigenvalue weighted by Crippen LogP contribution is 2.30. The number of ether oxygens (including phenoxy) is 1. The molecule has 2 N–H and O–H groups in total. The number of rotatable bonds is 3. The average Bonchev–Trinajstić information content (AvgIpc) is 2.69. The van der Waals surface area contributed by atoms with Crippen molar-refractivity contribution in [2.75, 3.05) is 5.73 Å². The summed E-state index contributed by atoms with van der Waals surface area (Å²) in [6.45, 7) is 0. The van der Waals surface area contributed by atoms with Gasteiger partial charge in [0.1, 0.15) is 6.33 Å². The van der Waals surface area contributed by atoms with Gasteiger partial charge in [0.2, 0.25) is 0 Å². The average molecular weight is 397 g/mol. The van der Waals surface area contributed by atoms with Gasteiger partial charge in [0.05, 0.1) is 22.3 Å². The molecule has 4 aromatic rings. The molecule has 0 aliphatic carbocycles. The summed E-state index contributed by atoms with van der Waals surface area (Å²) in [7, 11) is 0. The van der Waals surface area contributed by atoms with Crippen molar-refractivity contribution in [1.82, 2.24) is 9.55 Å². The number of anilines is 1. The largest absolute Gasteiger partial charge is 0.573 e. The smallest absolute Gasteiger partial charge is 0.404 e. The Morgan fingerprint density at radius 1 is 0.931 bits per heavy atom. The van der Waals surface area contributed by atoms with Crippen LogP contribution in [0.2, 0.25) is 0 Å². The number of halogens is 3. The Hall–Kier alpha value is -3.81. The number of nitrogens with two attached hydrogens (primary N) is 1. The minimum atomic E-state index is -4.85. The lowest BCUT2D eigenvalue weighted by molar-refractivity contribution is -0.274. The molecular formula is C21H14F3N3O2. The Labute approximate surface area is 162 Å². The molecule has 0 saturated carbocycles. The number of benzene rings is 3. The summed E-state index contributed by atoms with van der Waals surface area (Å²) in [6.07, 6.45) is -3.54. The maximum atomic E-state index is 12.9. The molecule has 4 rings (SSSR count). The fourth-order valence-electron chi connectivity index (χ4n) is 3.02. The molecule has 0 saturated heterocycles. The number of aromatic nitrogens is 2. The lowest BCUT2D eigenvalue weighted by Crippen LogP contribution is -2.20. The summed E-state index contributed by atoms with van der Waals surface area (Å²) in [5.41, 5.74) is 7.75. The van der Waals surface area contributed by atoms with E-state index in [1.165, 1.54) is 23.0 Å². The number of nitrogens with zero attached hydrogens (tertiary/aromatic N) is 2. The van der Waals surface area contributed by atoms with E-state index in [1.54, 1.807) is 6.07 Å². The second-order valence-corrected chi connectivity index (χ2v) is 6.29. The first kappa shape index (κ1) is 18.5. The highest BCUT2D eigenvalue weighted by atomic mass is 19.4. The first-order valence-electron chi connectivity index (χ1n) is 8.54. The first-order chi connectivity index (χ1) is 13.8. The second-order valence-electron chi connectivity index (χ2n) is 6.29. The quantitative estimate of drug-likeness (QED) is 0.516. The molecule has 0 amide bonds. The SMILES string of the molecule is Nc1cc(-n2cnc3cc(-c4ccccc4)ccc3c2=O)ccc1OC(F)(F)F. The molecule has 0 radical (unpaired) electrons. The van der Waals surface area contributed by atoms with Gasteiger partial charge in [-0.15, -0.1) is 13.2 Å². The number of fused-ring (bicyclic) bond motifs is 1. The molecule has 0 unspecified atom stereocenters. The van der Waals surface area contributed by atoms with Crippen molar-refractivity contribution >= 4 is 16.6 Å². The van der Waals surface area contributed by atoms with Crippen LogP contribution in [0.3, 0.4) is 0 Å². The zero-order valence-corrected chi connectivity index (χ0v) is 14.9. The summed E-state index contributed by atoms with van der Waals surface area (Å²) < 4.78 is 42.3. The van der Waals surface area contributed by atoms with E-state index >= 15 is 0 Å². The van der Waals surface area contributed by atoms with Crippen molar-refractivity contribution in [3.63, 3.8) is 0 Å². The molecule has 0 bridgehead atoms. The van der Waals surface area contributed by atoms with Crippen LogP contribution in [0.5, 0.6) is 5.75 Å². The van der Waals surface area contributed by atoms with Crippen LogP contribution in [0.25, 0.3) is 27.7 Å². The summed E-state index contributed by atoms with van der Waals surface area (Å²) in [6, 6.07) is 18.6. The maximum absolute atomic E-state index is 12.9. The van der Waals surface area contributed by atoms with E-state index in [1.807, 2.05) is 42.5 Å². The van der Waals surface area contributed by atoms with Gasteiger partial charge in [0.15, 0.2) is 5.75 Å². The first-order valence-corrected chi connectivity index (χ1v) is 8.54. The molecule has 0 fully saturated rings. The minimum absolute atomic E-state index is 0.244. The van der Waals surface area contributed by atoms with Crippen LogP contribution >= 0.6 is 0 Å². The summed E-state index contributed by atoms with van der Waals surface area (Å²) >= 11 is 0. The topological polar surface area (TPSA) is 70.1 Å². The van der Waals surface area contributed by atoms with Gasteiger partial charge >= 0.3 is 6.36 Å². The fourth-order valence-corrected chi connectivity index (χ4v) is 3.02. The summed E-state index contributed by atoms with van der Waals surface area (Å²) in [5, 5.41) is 0.376. The minimum Gasteiger partial charge on any atom is -0.404 e. The van der Waals surface area contributed by atoms with Crippen molar-refractivity contribution < 1.29 is 17.9 Å². The highest BCUT2D eigenvalue weighted by Gasteiger charge is 2.32. The normalized spacial score (nSPS) is 11.6. The molecule has 0 spiro atoms. The van der Waals surface area contributed by atoms with Gasteiger partial charge in [-0.1, -0.05) is 36.4 Å². The van der Waals surface area contributed by atoms with Crippen molar-refractivity contribution in [3.05, 3.63) is 83.4 Å². The zero-order valence-electron chi connectivity index (χ0n) is 14.9. The van der Waals surface area contributed by atoms with Crippen molar-refractivity contribution in [2.45, 2.75) is 6.36 Å². The Balaban J connectivity index is 1.75. The van der Waals surface area contributed by atoms with E-state index in [9.17, 15) is 18.0 Å². The van der Waals surface area contributed by atoms with Crippen LogP contribution in [0, 0.1) is 0 Å². The van der Waals surface area contributed by atoms with E-state index < -0.39 is 12.1 Å². The maximum Gasteiger partial charge on any atom is 0.573 e. The molecule has 8 heteroatoms. The summed E-state index contributed by atoms with van der Waals surface area (Å²) in [4.78, 5) is 17.2. The van der Waals surface area contributed by atoms with E-state index in [0.717, 1.165) is 17.2 Å². The third-order valence-corrected chi connectivity index (χ3v) is 4.36. The summed E-state index contributed by atoms with van der Waals surface area (Å²) in [5.74, 6) is -0.532. The molecule has 0 aliphatic heterocycles. The van der Waals surface area contributed by atoms with Crippen LogP contribution in [0.15, 0.2) is 77.9 Å². The highest BCUT2D eigenvalue weighted by molar-refractivity contribution is 5.83. The van der Waals surface area contributed by atoms with Gasteiger partial charge in [-0.25, -0.2) is 4.98 Å². The van der Waals surface area contributed by atoms with Gasteiger partial charge < -0.3 is 10.5 Å². The van der Waals surface area contributed by atoms with Crippen LogP contribution in [0.4, 0.5) is 18.9 Å². The van der Waals surface area contributed by atoms with Crippen molar-refractivity contribution in [2.24, 2.45) is 0 Å². The van der Waals surface area contributed by atoms with E-state index in [0.29, 0.717) is 10.9 Å². The van der Waals surface area contributed by atoms with Gasteiger partial charge in [-0.3, -0.25) is 9.36 Å². The van der Waals surface area contributed by atoms with Gasteiger partial charge in [-0.2, -0.15) is 0 Å². The molecular weight excluding hydrogens is 383 g/mol. The number of nitrogen functional groups attached to an aromatic ring is 1. The Morgan fingerprint density at radius 2 is 1.69 bits per heavy atom. The van der Waals surface area contributed by atoms with Crippen LogP contribution < -0.4 is 16.0 Å². The number of hydrogen-bond acceptors (Lipinski definition) is 4. The molecule has 3 aromatic carbocycles. The molecule has 1 aromatic heterocycles. The Kier molecular flexibility index (Phi) is 4.46. The Bertz CT molecular complexity index is 1250. The van der Waals surface area contributed by atoms with Crippen molar-refractivity contribution in [1.29, 1.82) is 0 Å². The van der Waals surface area contributed by atoms with Crippen LogP contribution in [-0.2, 0) is 0 Å². The van der Waals surface area contributed by atoms with Crippen molar-refractivity contribution in [3.8, 4) is 22.6 Å². The second kappa shape index (κ2) is 6.97. The predicted octanol–water partition coefficient (Wildman–Crippen LogP) is 4.53. The molecule has 1 heterocycles. The van der Waals surface area contributed by atoms with Crippen LogP contribution in [0.1, 0.15) is 0 Å². The van der Waals surface area contributed by atoms with Crippen LogP contribution in [-0.4, -0.2) is 15.9 Å². The lowest BCUT2D eigenvalue weighted by Gasteiger charge is -2.13. The van der Waals surface area contributed by atoms with E-state index in [4.69, 9.17) is 5.73 Å². The number of hydrogen-bond donors (Lipinski definition) is 1. The molecule has 5 nitrogen and oxygen atoms in total. The lowest BCUT2D eigenvalue weighted by atomic mass is 10.0. The van der Waals surface area contributed by atoms with E-state index in [-0.39, 0.29) is 16.9 Å². The van der Waals surface area contributed by atoms with Gasteiger partial charge in [0.25, 0.3) is 5.56 Å². The Morgan fingerprint density at radius 3 is 2.38 bits per heavy atom. The van der Waals surface area contributed by atoms with Gasteiger partial charge in [-0.05, 0) is 41.5 Å². The van der Waals surface area contributed by atoms with Gasteiger partial charge in [0, 0.05) is 0 Å². The standard InChI is InChI=1S/C21H14F3N3O2/c22-21(23,24)29-19-9-7-15(11-17(19)25)27-12-26-18-10-14(6-8-16(18)20(27)28)13-4-2-1-3-5-13/h1-12H,25H2. The molecule has 146 valence electrons. The zero-order chi connectivity index (χ0) is 20.6. The monoisotopic (exact) mass is 397 g/mol. The molecule has 29 heavy (non-hydrogen) atoms.